The van der Waals surface area contributed by atoms with Gasteiger partial charge < -0.3 is 4.52 Å². The molecule has 0 atom stereocenters. The summed E-state index contributed by atoms with van der Waals surface area (Å²) in [6.07, 6.45) is 0. The number of nitrogens with zero attached hydrogens (tertiary/aromatic N) is 3. The standard InChI is InChI=1S/C15H9FN4OS/c16-10-5-2-1-4-9(10)14-17-15(21-20-14)12-8-11(18-19-12)13-6-3-7-22-13/h1-8H,(H,18,19). The van der Waals surface area contributed by atoms with Crippen LogP contribution in [0.15, 0.2) is 52.4 Å². The number of thiophene rings is 1. The molecule has 0 aliphatic rings. The summed E-state index contributed by atoms with van der Waals surface area (Å²) in [5.74, 6) is 0.0576. The minimum Gasteiger partial charge on any atom is -0.332 e. The van der Waals surface area contributed by atoms with Crippen molar-refractivity contribution in [3.05, 3.63) is 53.7 Å². The van der Waals surface area contributed by atoms with E-state index in [9.17, 15) is 4.39 Å². The average Bonchev–Trinajstić information content (AvgIpc) is 3.27. The fourth-order valence-corrected chi connectivity index (χ4v) is 2.76. The molecular formula is C15H9FN4OS. The number of rotatable bonds is 3. The van der Waals surface area contributed by atoms with Gasteiger partial charge in [-0.1, -0.05) is 23.4 Å². The van der Waals surface area contributed by atoms with Crippen LogP contribution in [-0.4, -0.2) is 20.3 Å². The van der Waals surface area contributed by atoms with Crippen molar-refractivity contribution in [3.8, 4) is 33.5 Å². The van der Waals surface area contributed by atoms with Gasteiger partial charge in [-0.25, -0.2) is 4.39 Å². The van der Waals surface area contributed by atoms with Gasteiger partial charge in [-0.15, -0.1) is 11.3 Å². The van der Waals surface area contributed by atoms with E-state index in [1.54, 1.807) is 29.5 Å². The summed E-state index contributed by atoms with van der Waals surface area (Å²) in [6, 6.07) is 12.1. The molecule has 108 valence electrons. The lowest BCUT2D eigenvalue weighted by Gasteiger charge is -1.94. The summed E-state index contributed by atoms with van der Waals surface area (Å²) in [7, 11) is 0. The van der Waals surface area contributed by atoms with Gasteiger partial charge in [0.15, 0.2) is 5.69 Å². The van der Waals surface area contributed by atoms with Crippen molar-refractivity contribution in [1.82, 2.24) is 20.3 Å². The second kappa shape index (κ2) is 5.19. The minimum absolute atomic E-state index is 0.203. The Bertz CT molecular complexity index is 913. The van der Waals surface area contributed by atoms with E-state index in [4.69, 9.17) is 4.52 Å². The Hall–Kier alpha value is -2.80. The molecule has 4 rings (SSSR count). The van der Waals surface area contributed by atoms with Crippen LogP contribution < -0.4 is 0 Å². The molecule has 0 spiro atoms. The molecule has 7 heteroatoms. The summed E-state index contributed by atoms with van der Waals surface area (Å²) in [5, 5.41) is 12.9. The normalized spacial score (nSPS) is 11.0. The molecular weight excluding hydrogens is 303 g/mol. The number of aromatic amines is 1. The van der Waals surface area contributed by atoms with Crippen LogP contribution in [0.25, 0.3) is 33.5 Å². The molecule has 0 bridgehead atoms. The Morgan fingerprint density at radius 3 is 2.86 bits per heavy atom. The van der Waals surface area contributed by atoms with Gasteiger partial charge in [-0.3, -0.25) is 5.10 Å². The SMILES string of the molecule is Fc1ccccc1-c1noc(-c2cc(-c3cccs3)[nH]n2)n1. The highest BCUT2D eigenvalue weighted by Crippen LogP contribution is 2.27. The molecule has 1 aromatic carbocycles. The number of nitrogens with one attached hydrogen (secondary N) is 1. The van der Waals surface area contributed by atoms with Crippen LogP contribution in [-0.2, 0) is 0 Å². The Morgan fingerprint density at radius 2 is 2.05 bits per heavy atom. The number of H-pyrrole nitrogens is 1. The zero-order valence-corrected chi connectivity index (χ0v) is 12.0. The van der Waals surface area contributed by atoms with Gasteiger partial charge in [0.1, 0.15) is 5.82 Å². The van der Waals surface area contributed by atoms with Crippen LogP contribution >= 0.6 is 11.3 Å². The lowest BCUT2D eigenvalue weighted by atomic mass is 10.2. The smallest absolute Gasteiger partial charge is 0.278 e. The topological polar surface area (TPSA) is 67.6 Å². The maximum absolute atomic E-state index is 13.7. The van der Waals surface area contributed by atoms with Gasteiger partial charge in [0.2, 0.25) is 5.82 Å². The van der Waals surface area contributed by atoms with E-state index in [2.05, 4.69) is 20.3 Å². The third-order valence-electron chi connectivity index (χ3n) is 3.12. The fourth-order valence-electron chi connectivity index (χ4n) is 2.07. The lowest BCUT2D eigenvalue weighted by molar-refractivity contribution is 0.430. The second-order valence-electron chi connectivity index (χ2n) is 4.55. The van der Waals surface area contributed by atoms with Crippen molar-refractivity contribution in [3.63, 3.8) is 0 Å². The van der Waals surface area contributed by atoms with E-state index in [0.717, 1.165) is 10.6 Å². The molecule has 0 amide bonds. The Balaban J connectivity index is 1.69. The maximum Gasteiger partial charge on any atom is 0.278 e. The third-order valence-corrected chi connectivity index (χ3v) is 4.03. The molecule has 0 unspecified atom stereocenters. The van der Waals surface area contributed by atoms with Crippen molar-refractivity contribution in [1.29, 1.82) is 0 Å². The predicted molar refractivity (Wildman–Crippen MR) is 80.6 cm³/mol. The average molecular weight is 312 g/mol. The van der Waals surface area contributed by atoms with Gasteiger partial charge in [0, 0.05) is 0 Å². The largest absolute Gasteiger partial charge is 0.332 e. The molecule has 0 radical (unpaired) electrons. The first kappa shape index (κ1) is 12.9. The summed E-state index contributed by atoms with van der Waals surface area (Å²) >= 11 is 1.60. The quantitative estimate of drug-likeness (QED) is 0.621. The van der Waals surface area contributed by atoms with E-state index in [-0.39, 0.29) is 11.7 Å². The Morgan fingerprint density at radius 1 is 1.14 bits per heavy atom. The van der Waals surface area contributed by atoms with Crippen molar-refractivity contribution in [2.75, 3.05) is 0 Å². The highest BCUT2D eigenvalue weighted by Gasteiger charge is 2.16. The van der Waals surface area contributed by atoms with Crippen LogP contribution in [0.2, 0.25) is 0 Å². The van der Waals surface area contributed by atoms with Crippen molar-refractivity contribution < 1.29 is 8.91 Å². The first-order valence-electron chi connectivity index (χ1n) is 6.49. The number of halogens is 1. The third kappa shape index (κ3) is 2.21. The van der Waals surface area contributed by atoms with Crippen molar-refractivity contribution >= 4 is 11.3 Å². The molecule has 0 aliphatic heterocycles. The van der Waals surface area contributed by atoms with E-state index in [1.165, 1.54) is 6.07 Å². The van der Waals surface area contributed by atoms with Crippen molar-refractivity contribution in [2.45, 2.75) is 0 Å². The molecule has 3 aromatic heterocycles. The lowest BCUT2D eigenvalue weighted by Crippen LogP contribution is -1.85. The molecule has 0 saturated carbocycles. The first-order chi connectivity index (χ1) is 10.8. The number of hydrogen-bond donors (Lipinski definition) is 1. The predicted octanol–water partition coefficient (Wildman–Crippen LogP) is 3.99. The van der Waals surface area contributed by atoms with Gasteiger partial charge >= 0.3 is 0 Å². The summed E-state index contributed by atoms with van der Waals surface area (Å²) in [4.78, 5) is 5.27. The van der Waals surface area contributed by atoms with E-state index in [1.807, 2.05) is 23.6 Å². The molecule has 4 aromatic rings. The summed E-state index contributed by atoms with van der Waals surface area (Å²) in [6.45, 7) is 0. The molecule has 5 nitrogen and oxygen atoms in total. The number of aromatic nitrogens is 4. The van der Waals surface area contributed by atoms with E-state index < -0.39 is 5.82 Å². The second-order valence-corrected chi connectivity index (χ2v) is 5.49. The number of benzene rings is 1. The monoisotopic (exact) mass is 312 g/mol. The Labute approximate surface area is 128 Å². The van der Waals surface area contributed by atoms with Gasteiger partial charge in [-0.05, 0) is 29.6 Å². The van der Waals surface area contributed by atoms with Gasteiger partial charge in [0.25, 0.3) is 5.89 Å². The fraction of sp³-hybridized carbons (Fsp3) is 0. The molecule has 0 fully saturated rings. The van der Waals surface area contributed by atoms with Crippen LogP contribution in [0.4, 0.5) is 4.39 Å². The highest BCUT2D eigenvalue weighted by molar-refractivity contribution is 7.13. The Kier molecular flexibility index (Phi) is 3.05. The molecule has 0 saturated heterocycles. The van der Waals surface area contributed by atoms with E-state index in [0.29, 0.717) is 11.3 Å². The minimum atomic E-state index is -0.392. The zero-order chi connectivity index (χ0) is 14.9. The summed E-state index contributed by atoms with van der Waals surface area (Å²) in [5.41, 5.74) is 1.70. The molecule has 3 heterocycles. The van der Waals surface area contributed by atoms with Crippen LogP contribution in [0.5, 0.6) is 0 Å². The molecule has 1 N–H and O–H groups in total. The highest BCUT2D eigenvalue weighted by atomic mass is 32.1. The van der Waals surface area contributed by atoms with Crippen LogP contribution in [0.3, 0.4) is 0 Å². The summed E-state index contributed by atoms with van der Waals surface area (Å²) < 4.78 is 18.9. The zero-order valence-electron chi connectivity index (χ0n) is 11.2. The van der Waals surface area contributed by atoms with Gasteiger partial charge in [-0.2, -0.15) is 10.1 Å². The molecule has 0 aliphatic carbocycles. The van der Waals surface area contributed by atoms with Crippen LogP contribution in [0.1, 0.15) is 0 Å². The molecule has 22 heavy (non-hydrogen) atoms. The van der Waals surface area contributed by atoms with E-state index >= 15 is 0 Å². The maximum atomic E-state index is 13.7. The first-order valence-corrected chi connectivity index (χ1v) is 7.37. The van der Waals surface area contributed by atoms with Crippen LogP contribution in [0, 0.1) is 5.82 Å². The number of hydrogen-bond acceptors (Lipinski definition) is 5. The van der Waals surface area contributed by atoms with Crippen molar-refractivity contribution in [2.24, 2.45) is 0 Å². The van der Waals surface area contributed by atoms with Gasteiger partial charge in [0.05, 0.1) is 16.1 Å².